The predicted molar refractivity (Wildman–Crippen MR) is 70.6 cm³/mol. The lowest BCUT2D eigenvalue weighted by Crippen LogP contribution is -2.22. The van der Waals surface area contributed by atoms with Gasteiger partial charge in [0.1, 0.15) is 11.6 Å². The maximum absolute atomic E-state index is 13.4. The first kappa shape index (κ1) is 15.1. The van der Waals surface area contributed by atoms with Crippen LogP contribution >= 0.6 is 0 Å². The van der Waals surface area contributed by atoms with Gasteiger partial charge in [-0.25, -0.2) is 8.78 Å². The molecule has 0 bridgehead atoms. The Morgan fingerprint density at radius 1 is 1.00 bits per heavy atom. The topological polar surface area (TPSA) is 24.1 Å². The summed E-state index contributed by atoms with van der Waals surface area (Å²) < 4.78 is 26.5. The fourth-order valence-corrected chi connectivity index (χ4v) is 1.72. The molecule has 0 aliphatic heterocycles. The molecular formula is C14H22F2N2. The molecule has 1 rings (SSSR count). The Hall–Kier alpha value is -1.00. The highest BCUT2D eigenvalue weighted by Gasteiger charge is 2.06. The summed E-state index contributed by atoms with van der Waals surface area (Å²) in [6, 6.07) is 2.52. The normalized spacial score (nSPS) is 10.9. The van der Waals surface area contributed by atoms with Gasteiger partial charge >= 0.3 is 0 Å². The molecule has 0 aliphatic rings. The van der Waals surface area contributed by atoms with Crippen molar-refractivity contribution >= 4 is 0 Å². The van der Waals surface area contributed by atoms with E-state index in [9.17, 15) is 8.78 Å². The molecule has 0 atom stereocenters. The monoisotopic (exact) mass is 256 g/mol. The van der Waals surface area contributed by atoms with Crippen LogP contribution in [0.1, 0.15) is 30.9 Å². The summed E-state index contributed by atoms with van der Waals surface area (Å²) in [5.41, 5.74) is 1.01. The molecule has 4 heteroatoms. The quantitative estimate of drug-likeness (QED) is 0.699. The molecule has 1 aromatic carbocycles. The Labute approximate surface area is 108 Å². The molecule has 0 saturated heterocycles. The van der Waals surface area contributed by atoms with Crippen LogP contribution in [0, 0.1) is 18.6 Å². The summed E-state index contributed by atoms with van der Waals surface area (Å²) in [6.07, 6.45) is 2.13. The van der Waals surface area contributed by atoms with Gasteiger partial charge in [0.15, 0.2) is 0 Å². The summed E-state index contributed by atoms with van der Waals surface area (Å²) >= 11 is 0. The molecule has 102 valence electrons. The van der Waals surface area contributed by atoms with Crippen molar-refractivity contribution in [2.75, 3.05) is 19.6 Å². The van der Waals surface area contributed by atoms with Crippen molar-refractivity contribution in [3.05, 3.63) is 34.9 Å². The molecule has 2 nitrogen and oxygen atoms in total. The van der Waals surface area contributed by atoms with Crippen LogP contribution in [0.15, 0.2) is 12.1 Å². The average molecular weight is 256 g/mol. The second-order valence-corrected chi connectivity index (χ2v) is 4.47. The lowest BCUT2D eigenvalue weighted by Gasteiger charge is -2.08. The van der Waals surface area contributed by atoms with E-state index in [4.69, 9.17) is 0 Å². The molecule has 0 aromatic heterocycles. The third-order valence-electron chi connectivity index (χ3n) is 2.78. The maximum Gasteiger partial charge on any atom is 0.130 e. The van der Waals surface area contributed by atoms with Crippen molar-refractivity contribution in [2.45, 2.75) is 33.2 Å². The maximum atomic E-state index is 13.4. The molecule has 0 saturated carbocycles. The van der Waals surface area contributed by atoms with Gasteiger partial charge < -0.3 is 10.6 Å². The van der Waals surface area contributed by atoms with Crippen LogP contribution in [0.25, 0.3) is 0 Å². The van der Waals surface area contributed by atoms with Gasteiger partial charge in [-0.1, -0.05) is 6.92 Å². The molecule has 18 heavy (non-hydrogen) atoms. The van der Waals surface area contributed by atoms with Gasteiger partial charge in [-0.15, -0.1) is 0 Å². The predicted octanol–water partition coefficient (Wildman–Crippen LogP) is 2.75. The Morgan fingerprint density at radius 2 is 1.72 bits per heavy atom. The van der Waals surface area contributed by atoms with Crippen molar-refractivity contribution in [2.24, 2.45) is 0 Å². The number of halogens is 2. The fraction of sp³-hybridized carbons (Fsp3) is 0.571. The van der Waals surface area contributed by atoms with E-state index in [1.165, 1.54) is 0 Å². The minimum absolute atomic E-state index is 0.445. The lowest BCUT2D eigenvalue weighted by atomic mass is 10.1. The second kappa shape index (κ2) is 8.16. The molecule has 0 spiro atoms. The first-order chi connectivity index (χ1) is 8.65. The van der Waals surface area contributed by atoms with Gasteiger partial charge in [0, 0.05) is 18.2 Å². The van der Waals surface area contributed by atoms with E-state index >= 15 is 0 Å². The summed E-state index contributed by atoms with van der Waals surface area (Å²) in [6.45, 7) is 7.04. The third kappa shape index (κ3) is 5.10. The number of nitrogens with one attached hydrogen (secondary N) is 2. The molecule has 0 unspecified atom stereocenters. The highest BCUT2D eigenvalue weighted by molar-refractivity contribution is 5.25. The lowest BCUT2D eigenvalue weighted by molar-refractivity contribution is 0.548. The average Bonchev–Trinajstić information content (AvgIpc) is 2.34. The van der Waals surface area contributed by atoms with E-state index in [0.717, 1.165) is 38.5 Å². The molecule has 0 amide bonds. The van der Waals surface area contributed by atoms with Gasteiger partial charge in [0.2, 0.25) is 0 Å². The number of hydrogen-bond acceptors (Lipinski definition) is 2. The van der Waals surface area contributed by atoms with Gasteiger partial charge in [-0.05, 0) is 51.0 Å². The zero-order valence-corrected chi connectivity index (χ0v) is 11.2. The van der Waals surface area contributed by atoms with E-state index < -0.39 is 11.6 Å². The minimum Gasteiger partial charge on any atom is -0.317 e. The van der Waals surface area contributed by atoms with E-state index in [2.05, 4.69) is 17.6 Å². The van der Waals surface area contributed by atoms with Crippen LogP contribution in [0.3, 0.4) is 0 Å². The highest BCUT2D eigenvalue weighted by atomic mass is 19.1. The SMILES string of the molecule is CCCNCCCNCc1cc(C)c(F)cc1F. The Morgan fingerprint density at radius 3 is 2.44 bits per heavy atom. The number of benzene rings is 1. The van der Waals surface area contributed by atoms with E-state index in [1.54, 1.807) is 13.0 Å². The summed E-state index contributed by atoms with van der Waals surface area (Å²) in [4.78, 5) is 0. The summed E-state index contributed by atoms with van der Waals surface area (Å²) in [7, 11) is 0. The van der Waals surface area contributed by atoms with Gasteiger partial charge in [0.05, 0.1) is 0 Å². The van der Waals surface area contributed by atoms with Crippen molar-refractivity contribution in [1.29, 1.82) is 0 Å². The van der Waals surface area contributed by atoms with Crippen LogP contribution in [0.5, 0.6) is 0 Å². The molecular weight excluding hydrogens is 234 g/mol. The van der Waals surface area contributed by atoms with Gasteiger partial charge in [-0.2, -0.15) is 0 Å². The van der Waals surface area contributed by atoms with Crippen LogP contribution in [0.4, 0.5) is 8.78 Å². The van der Waals surface area contributed by atoms with Crippen LogP contribution in [-0.4, -0.2) is 19.6 Å². The Kier molecular flexibility index (Phi) is 6.83. The second-order valence-electron chi connectivity index (χ2n) is 4.47. The van der Waals surface area contributed by atoms with Gasteiger partial charge in [0.25, 0.3) is 0 Å². The Balaban J connectivity index is 2.25. The molecule has 0 fully saturated rings. The number of aryl methyl sites for hydroxylation is 1. The molecule has 0 heterocycles. The van der Waals surface area contributed by atoms with Crippen molar-refractivity contribution in [3.8, 4) is 0 Å². The van der Waals surface area contributed by atoms with Crippen molar-refractivity contribution < 1.29 is 8.78 Å². The fourth-order valence-electron chi connectivity index (χ4n) is 1.72. The molecule has 0 aliphatic carbocycles. The number of hydrogen-bond donors (Lipinski definition) is 2. The third-order valence-corrected chi connectivity index (χ3v) is 2.78. The van der Waals surface area contributed by atoms with E-state index in [-0.39, 0.29) is 0 Å². The first-order valence-electron chi connectivity index (χ1n) is 6.51. The van der Waals surface area contributed by atoms with Crippen molar-refractivity contribution in [1.82, 2.24) is 10.6 Å². The van der Waals surface area contributed by atoms with Gasteiger partial charge in [-0.3, -0.25) is 0 Å². The highest BCUT2D eigenvalue weighted by Crippen LogP contribution is 2.13. The van der Waals surface area contributed by atoms with Crippen molar-refractivity contribution in [3.63, 3.8) is 0 Å². The van der Waals surface area contributed by atoms with Crippen LogP contribution in [-0.2, 0) is 6.54 Å². The molecule has 1 aromatic rings. The zero-order valence-electron chi connectivity index (χ0n) is 11.2. The largest absolute Gasteiger partial charge is 0.317 e. The standard InChI is InChI=1S/C14H22F2N2/c1-3-5-17-6-4-7-18-10-12-8-11(2)13(15)9-14(12)16/h8-9,17-18H,3-7,10H2,1-2H3. The number of rotatable bonds is 8. The Bertz CT molecular complexity index is 367. The van der Waals surface area contributed by atoms with Crippen LogP contribution < -0.4 is 10.6 Å². The smallest absolute Gasteiger partial charge is 0.130 e. The van der Waals surface area contributed by atoms with Crippen LogP contribution in [0.2, 0.25) is 0 Å². The zero-order chi connectivity index (χ0) is 13.4. The molecule has 2 N–H and O–H groups in total. The minimum atomic E-state index is -0.486. The van der Waals surface area contributed by atoms with E-state index in [0.29, 0.717) is 17.7 Å². The summed E-state index contributed by atoms with van der Waals surface area (Å²) in [5.74, 6) is -0.963. The summed E-state index contributed by atoms with van der Waals surface area (Å²) in [5, 5.41) is 6.46. The molecule has 0 radical (unpaired) electrons. The first-order valence-corrected chi connectivity index (χ1v) is 6.51. The van der Waals surface area contributed by atoms with E-state index in [1.807, 2.05) is 0 Å².